The van der Waals surface area contributed by atoms with Crippen LogP contribution < -0.4 is 4.74 Å². The fourth-order valence-corrected chi connectivity index (χ4v) is 2.02. The van der Waals surface area contributed by atoms with Crippen LogP contribution in [0.15, 0.2) is 18.2 Å². The lowest BCUT2D eigenvalue weighted by Gasteiger charge is -2.25. The van der Waals surface area contributed by atoms with Crippen molar-refractivity contribution in [2.75, 3.05) is 14.2 Å². The molecule has 19 heavy (non-hydrogen) atoms. The number of aliphatic hydroxyl groups is 1. The van der Waals surface area contributed by atoms with Gasteiger partial charge in [0.05, 0.1) is 7.11 Å². The Morgan fingerprint density at radius 1 is 1.42 bits per heavy atom. The zero-order valence-corrected chi connectivity index (χ0v) is 12.4. The molecule has 0 fully saturated rings. The summed E-state index contributed by atoms with van der Waals surface area (Å²) in [6, 6.07) is 5.88. The Kier molecular flexibility index (Phi) is 4.95. The summed E-state index contributed by atoms with van der Waals surface area (Å²) in [6.45, 7) is 5.53. The molecule has 1 rings (SSSR count). The molecule has 4 nitrogen and oxygen atoms in total. The quantitative estimate of drug-likeness (QED) is 0.885. The summed E-state index contributed by atoms with van der Waals surface area (Å²) >= 11 is 0. The molecule has 1 amide bonds. The van der Waals surface area contributed by atoms with E-state index in [0.29, 0.717) is 6.54 Å². The highest BCUT2D eigenvalue weighted by molar-refractivity contribution is 5.83. The molecule has 0 heterocycles. The highest BCUT2D eigenvalue weighted by Crippen LogP contribution is 2.21. The molecule has 0 aliphatic carbocycles. The van der Waals surface area contributed by atoms with E-state index < -0.39 is 5.60 Å². The fraction of sp³-hybridized carbons (Fsp3) is 0.533. The first-order valence-corrected chi connectivity index (χ1v) is 6.43. The van der Waals surface area contributed by atoms with Gasteiger partial charge in [-0.3, -0.25) is 4.79 Å². The third kappa shape index (κ3) is 3.96. The largest absolute Gasteiger partial charge is 0.496 e. The Hall–Kier alpha value is -1.55. The van der Waals surface area contributed by atoms with E-state index in [1.807, 2.05) is 18.2 Å². The zero-order valence-electron chi connectivity index (χ0n) is 12.4. The first-order chi connectivity index (χ1) is 8.79. The molecule has 0 aromatic heterocycles. The van der Waals surface area contributed by atoms with E-state index in [0.717, 1.165) is 23.3 Å². The molecule has 106 valence electrons. The highest BCUT2D eigenvalue weighted by Gasteiger charge is 2.27. The third-order valence-corrected chi connectivity index (χ3v) is 3.02. The van der Waals surface area contributed by atoms with Gasteiger partial charge in [-0.1, -0.05) is 19.1 Å². The molecule has 0 saturated carbocycles. The second kappa shape index (κ2) is 6.06. The van der Waals surface area contributed by atoms with Gasteiger partial charge in [0.15, 0.2) is 0 Å². The summed E-state index contributed by atoms with van der Waals surface area (Å²) in [5.41, 5.74) is 0.802. The summed E-state index contributed by atoms with van der Waals surface area (Å²) in [4.78, 5) is 13.4. The molecule has 0 atom stereocenters. The molecule has 1 N–H and O–H groups in total. The van der Waals surface area contributed by atoms with Crippen molar-refractivity contribution < 1.29 is 14.6 Å². The standard InChI is InChI=1S/C15H23NO3/c1-6-12-9-11(7-8-13(12)19-5)10-16(4)14(17)15(2,3)18/h7-9,18H,6,10H2,1-5H3. The number of carbonyl (C=O) groups is 1. The van der Waals surface area contributed by atoms with E-state index >= 15 is 0 Å². The molecule has 0 aliphatic rings. The minimum Gasteiger partial charge on any atom is -0.496 e. The number of ether oxygens (including phenoxy) is 1. The van der Waals surface area contributed by atoms with Gasteiger partial charge in [0.1, 0.15) is 11.4 Å². The average molecular weight is 265 g/mol. The van der Waals surface area contributed by atoms with Gasteiger partial charge in [0.25, 0.3) is 5.91 Å². The number of aryl methyl sites for hydroxylation is 1. The molecule has 1 aromatic rings. The van der Waals surface area contributed by atoms with Crippen LogP contribution in [0.3, 0.4) is 0 Å². The van der Waals surface area contributed by atoms with Gasteiger partial charge in [-0.25, -0.2) is 0 Å². The average Bonchev–Trinajstić information content (AvgIpc) is 2.36. The molecule has 0 spiro atoms. The SMILES string of the molecule is CCc1cc(CN(C)C(=O)C(C)(C)O)ccc1OC. The van der Waals surface area contributed by atoms with Gasteiger partial charge in [-0.05, 0) is 37.5 Å². The zero-order chi connectivity index (χ0) is 14.6. The van der Waals surface area contributed by atoms with Crippen molar-refractivity contribution in [3.63, 3.8) is 0 Å². The Bertz CT molecular complexity index is 449. The summed E-state index contributed by atoms with van der Waals surface area (Å²) in [5.74, 6) is 0.573. The number of likely N-dealkylation sites (N-methyl/N-ethyl adjacent to an activating group) is 1. The molecule has 4 heteroatoms. The number of carbonyl (C=O) groups excluding carboxylic acids is 1. The van der Waals surface area contributed by atoms with Crippen LogP contribution in [0, 0.1) is 0 Å². The maximum atomic E-state index is 11.9. The van der Waals surface area contributed by atoms with Crippen LogP contribution in [-0.2, 0) is 17.8 Å². The maximum Gasteiger partial charge on any atom is 0.253 e. The van der Waals surface area contributed by atoms with Crippen LogP contribution in [0.2, 0.25) is 0 Å². The van der Waals surface area contributed by atoms with Crippen molar-refractivity contribution >= 4 is 5.91 Å². The van der Waals surface area contributed by atoms with Crippen molar-refractivity contribution in [1.29, 1.82) is 0 Å². The minimum atomic E-state index is -1.34. The van der Waals surface area contributed by atoms with Crippen LogP contribution in [0.5, 0.6) is 5.75 Å². The van der Waals surface area contributed by atoms with Crippen LogP contribution in [0.1, 0.15) is 31.9 Å². The molecule has 0 saturated heterocycles. The van der Waals surface area contributed by atoms with Crippen molar-refractivity contribution in [2.45, 2.75) is 39.3 Å². The molecule has 0 unspecified atom stereocenters. The summed E-state index contributed by atoms with van der Waals surface area (Å²) in [5, 5.41) is 9.71. The summed E-state index contributed by atoms with van der Waals surface area (Å²) < 4.78 is 5.28. The summed E-state index contributed by atoms with van der Waals surface area (Å²) in [6.07, 6.45) is 0.875. The summed E-state index contributed by atoms with van der Waals surface area (Å²) in [7, 11) is 3.34. The van der Waals surface area contributed by atoms with Crippen molar-refractivity contribution in [1.82, 2.24) is 4.90 Å². The molecule has 0 radical (unpaired) electrons. The number of hydrogen-bond donors (Lipinski definition) is 1. The first-order valence-electron chi connectivity index (χ1n) is 6.43. The van der Waals surface area contributed by atoms with Gasteiger partial charge < -0.3 is 14.7 Å². The number of benzene rings is 1. The van der Waals surface area contributed by atoms with Crippen LogP contribution in [0.4, 0.5) is 0 Å². The Labute approximate surface area is 115 Å². The third-order valence-electron chi connectivity index (χ3n) is 3.02. The van der Waals surface area contributed by atoms with E-state index in [1.165, 1.54) is 18.7 Å². The van der Waals surface area contributed by atoms with E-state index in [-0.39, 0.29) is 5.91 Å². The number of amides is 1. The Balaban J connectivity index is 2.86. The molecular weight excluding hydrogens is 242 g/mol. The lowest BCUT2D eigenvalue weighted by atomic mass is 10.1. The molecule has 0 aliphatic heterocycles. The van der Waals surface area contributed by atoms with Crippen molar-refractivity contribution in [3.8, 4) is 5.75 Å². The normalized spacial score (nSPS) is 11.3. The predicted molar refractivity (Wildman–Crippen MR) is 75.1 cm³/mol. The van der Waals surface area contributed by atoms with Gasteiger partial charge in [-0.15, -0.1) is 0 Å². The van der Waals surface area contributed by atoms with Crippen LogP contribution in [-0.4, -0.2) is 35.7 Å². The molecular formula is C15H23NO3. The lowest BCUT2D eigenvalue weighted by Crippen LogP contribution is -2.42. The number of nitrogens with zero attached hydrogens (tertiary/aromatic N) is 1. The fourth-order valence-electron chi connectivity index (χ4n) is 2.02. The molecule has 1 aromatic carbocycles. The smallest absolute Gasteiger partial charge is 0.253 e. The molecule has 0 bridgehead atoms. The van der Waals surface area contributed by atoms with Gasteiger partial charge in [0.2, 0.25) is 0 Å². The number of methoxy groups -OCH3 is 1. The van der Waals surface area contributed by atoms with Crippen LogP contribution in [0.25, 0.3) is 0 Å². The second-order valence-corrected chi connectivity index (χ2v) is 5.22. The van der Waals surface area contributed by atoms with Gasteiger partial charge in [-0.2, -0.15) is 0 Å². The van der Waals surface area contributed by atoms with E-state index in [4.69, 9.17) is 4.74 Å². The van der Waals surface area contributed by atoms with Crippen molar-refractivity contribution in [2.24, 2.45) is 0 Å². The Morgan fingerprint density at radius 3 is 2.53 bits per heavy atom. The topological polar surface area (TPSA) is 49.8 Å². The highest BCUT2D eigenvalue weighted by atomic mass is 16.5. The maximum absolute atomic E-state index is 11.9. The van der Waals surface area contributed by atoms with E-state index in [9.17, 15) is 9.90 Å². The van der Waals surface area contributed by atoms with Crippen molar-refractivity contribution in [3.05, 3.63) is 29.3 Å². The van der Waals surface area contributed by atoms with Crippen LogP contribution >= 0.6 is 0 Å². The lowest BCUT2D eigenvalue weighted by molar-refractivity contribution is -0.146. The van der Waals surface area contributed by atoms with E-state index in [2.05, 4.69) is 6.92 Å². The van der Waals surface area contributed by atoms with E-state index in [1.54, 1.807) is 14.2 Å². The van der Waals surface area contributed by atoms with Gasteiger partial charge in [0, 0.05) is 13.6 Å². The minimum absolute atomic E-state index is 0.290. The Morgan fingerprint density at radius 2 is 2.05 bits per heavy atom. The second-order valence-electron chi connectivity index (χ2n) is 5.22. The predicted octanol–water partition coefficient (Wildman–Crippen LogP) is 1.99. The monoisotopic (exact) mass is 265 g/mol. The number of hydrogen-bond acceptors (Lipinski definition) is 3. The first kappa shape index (κ1) is 15.5. The van der Waals surface area contributed by atoms with Gasteiger partial charge >= 0.3 is 0 Å². The number of rotatable bonds is 5.